The number of ether oxygens (including phenoxy) is 2. The van der Waals surface area contributed by atoms with E-state index in [2.05, 4.69) is 20.4 Å². The Bertz CT molecular complexity index is 1220. The van der Waals surface area contributed by atoms with E-state index in [0.717, 1.165) is 5.56 Å². The van der Waals surface area contributed by atoms with Crippen LogP contribution in [0.5, 0.6) is 0 Å². The van der Waals surface area contributed by atoms with E-state index in [-0.39, 0.29) is 23.6 Å². The van der Waals surface area contributed by atoms with Gasteiger partial charge in [0.2, 0.25) is 5.28 Å². The Kier molecular flexibility index (Phi) is 7.44. The van der Waals surface area contributed by atoms with Gasteiger partial charge < -0.3 is 34.8 Å². The third-order valence-corrected chi connectivity index (χ3v) is 6.30. The minimum absolute atomic E-state index is 0.0855. The minimum Gasteiger partial charge on any atom is -0.387 e. The Morgan fingerprint density at radius 3 is 2.68 bits per heavy atom. The average Bonchev–Trinajstić information content (AvgIpc) is 3.29. The number of nitrogens with one attached hydrogen (secondary N) is 1. The van der Waals surface area contributed by atoms with Crippen molar-refractivity contribution >= 4 is 47.6 Å². The molecular formula is C19H22Cl2N5O7P. The number of halogens is 2. The van der Waals surface area contributed by atoms with Gasteiger partial charge in [0.1, 0.15) is 30.5 Å². The molecule has 2 aromatic heterocycles. The molecule has 34 heavy (non-hydrogen) atoms. The lowest BCUT2D eigenvalue weighted by atomic mass is 10.1. The zero-order valence-electron chi connectivity index (χ0n) is 17.7. The summed E-state index contributed by atoms with van der Waals surface area (Å²) in [7, 11) is -4.39. The summed E-state index contributed by atoms with van der Waals surface area (Å²) in [6, 6.07) is 7.11. The van der Waals surface area contributed by atoms with E-state index in [4.69, 9.17) is 42.5 Å². The lowest BCUT2D eigenvalue weighted by Gasteiger charge is -2.18. The van der Waals surface area contributed by atoms with E-state index >= 15 is 0 Å². The number of hydrogen-bond donors (Lipinski definition) is 5. The third-order valence-electron chi connectivity index (χ3n) is 5.27. The summed E-state index contributed by atoms with van der Waals surface area (Å²) in [6.07, 6.45) is -4.40. The van der Waals surface area contributed by atoms with Crippen LogP contribution in [0.3, 0.4) is 0 Å². The van der Waals surface area contributed by atoms with Gasteiger partial charge >= 0.3 is 7.60 Å². The maximum atomic E-state index is 11.0. The highest BCUT2D eigenvalue weighted by Crippen LogP contribution is 2.36. The first-order chi connectivity index (χ1) is 16.0. The zero-order chi connectivity index (χ0) is 24.6. The predicted molar refractivity (Wildman–Crippen MR) is 123 cm³/mol. The largest absolute Gasteiger partial charge is 0.387 e. The van der Waals surface area contributed by atoms with Gasteiger partial charge in [0.05, 0.1) is 24.2 Å². The van der Waals surface area contributed by atoms with Crippen LogP contribution in [0.4, 0.5) is 5.82 Å². The van der Waals surface area contributed by atoms with Crippen LogP contribution in [-0.4, -0.2) is 71.0 Å². The van der Waals surface area contributed by atoms with E-state index in [1.54, 1.807) is 6.07 Å². The normalized spacial score (nSPS) is 24.0. The number of rotatable bonds is 8. The van der Waals surface area contributed by atoms with Gasteiger partial charge in [-0.1, -0.05) is 29.8 Å². The van der Waals surface area contributed by atoms with Gasteiger partial charge in [-0.05, 0) is 30.2 Å². The quantitative estimate of drug-likeness (QED) is 0.212. The first-order valence-electron chi connectivity index (χ1n) is 10.1. The van der Waals surface area contributed by atoms with Crippen LogP contribution < -0.4 is 5.32 Å². The Morgan fingerprint density at radius 1 is 1.24 bits per heavy atom. The minimum atomic E-state index is -4.39. The first kappa shape index (κ1) is 25.2. The fourth-order valence-corrected chi connectivity index (χ4v) is 4.47. The second-order valence-corrected chi connectivity index (χ2v) is 10.1. The summed E-state index contributed by atoms with van der Waals surface area (Å²) < 4.78 is 22.8. The fraction of sp³-hybridized carbons (Fsp3) is 0.421. The average molecular weight is 534 g/mol. The summed E-state index contributed by atoms with van der Waals surface area (Å²) in [5.74, 6) is 0.378. The highest BCUT2D eigenvalue weighted by Gasteiger charge is 2.45. The van der Waals surface area contributed by atoms with Crippen molar-refractivity contribution in [3.63, 3.8) is 0 Å². The standard InChI is InChI=1S/C19H22Cl2N5O7P/c1-9(10-4-2-3-5-12(10)20)23-16-11-6-22-26(17(11)25-19(21)24-16)18-15(28)14(27)13(33-18)7-32-8-34(29,30)31/h2-6,9,13-15,18,27-28H,7-8H2,1H3,(H,23,24,25)(H2,29,30,31)/t9-,13+,14+,15+,18+/m0/s1. The van der Waals surface area contributed by atoms with Crippen molar-refractivity contribution in [2.24, 2.45) is 0 Å². The van der Waals surface area contributed by atoms with E-state index < -0.39 is 38.5 Å². The van der Waals surface area contributed by atoms with Crippen molar-refractivity contribution in [2.45, 2.75) is 37.5 Å². The molecule has 184 valence electrons. The smallest absolute Gasteiger partial charge is 0.350 e. The summed E-state index contributed by atoms with van der Waals surface area (Å²) in [6.45, 7) is 1.55. The number of fused-ring (bicyclic) bond motifs is 1. The van der Waals surface area contributed by atoms with Crippen LogP contribution >= 0.6 is 30.8 Å². The van der Waals surface area contributed by atoms with Crippen molar-refractivity contribution in [3.05, 3.63) is 46.3 Å². The molecule has 0 radical (unpaired) electrons. The molecule has 1 aliphatic heterocycles. The maximum Gasteiger partial charge on any atom is 0.350 e. The van der Waals surface area contributed by atoms with Crippen LogP contribution in [-0.2, 0) is 14.0 Å². The molecular weight excluding hydrogens is 512 g/mol. The highest BCUT2D eigenvalue weighted by molar-refractivity contribution is 7.51. The van der Waals surface area contributed by atoms with Crippen molar-refractivity contribution in [2.75, 3.05) is 18.3 Å². The SMILES string of the molecule is C[C@H](Nc1nc(Cl)nc2c1cnn2[C@@H]1O[C@H](COCP(=O)(O)O)[C@@H](O)[C@H]1O)c1ccccc1Cl. The van der Waals surface area contributed by atoms with E-state index in [0.29, 0.717) is 16.2 Å². The molecule has 0 spiro atoms. The molecule has 0 amide bonds. The molecule has 1 saturated heterocycles. The van der Waals surface area contributed by atoms with E-state index in [1.807, 2.05) is 25.1 Å². The van der Waals surface area contributed by atoms with Crippen LogP contribution in [0.2, 0.25) is 10.3 Å². The van der Waals surface area contributed by atoms with Crippen molar-refractivity contribution < 1.29 is 34.0 Å². The number of aliphatic hydroxyl groups excluding tert-OH is 2. The molecule has 12 nitrogen and oxygen atoms in total. The molecule has 3 heterocycles. The molecule has 5 atom stereocenters. The predicted octanol–water partition coefficient (Wildman–Crippen LogP) is 2.08. The molecule has 0 unspecified atom stereocenters. The number of nitrogens with zero attached hydrogens (tertiary/aromatic N) is 4. The van der Waals surface area contributed by atoms with Gasteiger partial charge in [-0.2, -0.15) is 15.1 Å². The maximum absolute atomic E-state index is 11.0. The topological polar surface area (TPSA) is 172 Å². The molecule has 0 aliphatic carbocycles. The summed E-state index contributed by atoms with van der Waals surface area (Å²) in [4.78, 5) is 26.3. The second-order valence-electron chi connectivity index (χ2n) is 7.77. The van der Waals surface area contributed by atoms with Gasteiger partial charge in [0.25, 0.3) is 0 Å². The van der Waals surface area contributed by atoms with Crippen molar-refractivity contribution in [1.82, 2.24) is 19.7 Å². The third kappa shape index (κ3) is 5.35. The van der Waals surface area contributed by atoms with Gasteiger partial charge in [0, 0.05) is 5.02 Å². The van der Waals surface area contributed by atoms with E-state index in [9.17, 15) is 14.8 Å². The Balaban J connectivity index is 1.58. The number of aliphatic hydroxyl groups is 2. The van der Waals surface area contributed by atoms with Gasteiger partial charge in [0.15, 0.2) is 11.9 Å². The molecule has 1 fully saturated rings. The number of anilines is 1. The van der Waals surface area contributed by atoms with Crippen molar-refractivity contribution in [1.29, 1.82) is 0 Å². The Morgan fingerprint density at radius 2 is 1.97 bits per heavy atom. The highest BCUT2D eigenvalue weighted by atomic mass is 35.5. The molecule has 5 N–H and O–H groups in total. The van der Waals surface area contributed by atoms with Crippen molar-refractivity contribution in [3.8, 4) is 0 Å². The fourth-order valence-electron chi connectivity index (χ4n) is 3.66. The van der Waals surface area contributed by atoms with E-state index in [1.165, 1.54) is 10.9 Å². The first-order valence-corrected chi connectivity index (χ1v) is 12.7. The summed E-state index contributed by atoms with van der Waals surface area (Å²) in [5, 5.41) is 29.3. The molecule has 0 saturated carbocycles. The number of benzene rings is 1. The van der Waals surface area contributed by atoms with Crippen LogP contribution in [0.15, 0.2) is 30.5 Å². The summed E-state index contributed by atoms with van der Waals surface area (Å²) >= 11 is 12.4. The molecule has 15 heteroatoms. The van der Waals surface area contributed by atoms with Gasteiger partial charge in [-0.15, -0.1) is 0 Å². The number of hydrogen-bond acceptors (Lipinski definition) is 9. The molecule has 0 bridgehead atoms. The lowest BCUT2D eigenvalue weighted by Crippen LogP contribution is -2.34. The van der Waals surface area contributed by atoms with Crippen LogP contribution in [0.1, 0.15) is 24.8 Å². The van der Waals surface area contributed by atoms with Gasteiger partial charge in [-0.3, -0.25) is 4.57 Å². The lowest BCUT2D eigenvalue weighted by molar-refractivity contribution is -0.0658. The Labute approximate surface area is 203 Å². The van der Waals surface area contributed by atoms with Crippen LogP contribution in [0.25, 0.3) is 11.0 Å². The van der Waals surface area contributed by atoms with Crippen LogP contribution in [0, 0.1) is 0 Å². The zero-order valence-corrected chi connectivity index (χ0v) is 20.1. The molecule has 4 rings (SSSR count). The molecule has 1 aromatic carbocycles. The molecule has 1 aliphatic rings. The molecule has 3 aromatic rings. The second kappa shape index (κ2) is 10.0. The Hall–Kier alpha value is -1.86. The van der Waals surface area contributed by atoms with Gasteiger partial charge in [-0.25, -0.2) is 4.68 Å². The number of aromatic nitrogens is 4. The monoisotopic (exact) mass is 533 g/mol. The summed E-state index contributed by atoms with van der Waals surface area (Å²) in [5.41, 5.74) is 1.08.